The summed E-state index contributed by atoms with van der Waals surface area (Å²) in [7, 11) is -1.54. The molecule has 1 aliphatic heterocycles. The van der Waals surface area contributed by atoms with Crippen LogP contribution in [0, 0.1) is 0 Å². The van der Waals surface area contributed by atoms with Crippen molar-refractivity contribution in [3.63, 3.8) is 0 Å². The average Bonchev–Trinajstić information content (AvgIpc) is 2.66. The SMILES string of the molecule is CN1CCN(c2nc3c(c(NCCS(=O)(=O)NCCO)n2)CC(F)(F)CC3)CC1. The Morgan fingerprint density at radius 3 is 2.59 bits per heavy atom. The minimum absolute atomic E-state index is 0.0119. The van der Waals surface area contributed by atoms with E-state index in [1.807, 2.05) is 11.9 Å². The quantitative estimate of drug-likeness (QED) is 0.511. The summed E-state index contributed by atoms with van der Waals surface area (Å²) >= 11 is 0. The van der Waals surface area contributed by atoms with Gasteiger partial charge in [-0.05, 0) is 13.5 Å². The van der Waals surface area contributed by atoms with Gasteiger partial charge in [0.1, 0.15) is 5.82 Å². The van der Waals surface area contributed by atoms with E-state index in [1.165, 1.54) is 0 Å². The van der Waals surface area contributed by atoms with Gasteiger partial charge in [-0.1, -0.05) is 0 Å². The van der Waals surface area contributed by atoms with Gasteiger partial charge in [0.15, 0.2) is 0 Å². The largest absolute Gasteiger partial charge is 0.395 e. The first kappa shape index (κ1) is 22.1. The van der Waals surface area contributed by atoms with Crippen molar-refractivity contribution in [2.45, 2.75) is 25.2 Å². The first-order chi connectivity index (χ1) is 13.7. The number of sulfonamides is 1. The molecule has 0 radical (unpaired) electrons. The molecular weight excluding hydrogens is 406 g/mol. The third kappa shape index (κ3) is 5.93. The molecule has 12 heteroatoms. The van der Waals surface area contributed by atoms with Crippen molar-refractivity contribution in [3.8, 4) is 0 Å². The lowest BCUT2D eigenvalue weighted by Gasteiger charge is -2.34. The zero-order valence-electron chi connectivity index (χ0n) is 16.5. The van der Waals surface area contributed by atoms with Crippen LogP contribution in [0.1, 0.15) is 17.7 Å². The van der Waals surface area contributed by atoms with Crippen LogP contribution >= 0.6 is 0 Å². The van der Waals surface area contributed by atoms with E-state index >= 15 is 0 Å². The van der Waals surface area contributed by atoms with Crippen molar-refractivity contribution in [2.75, 3.05) is 68.9 Å². The van der Waals surface area contributed by atoms with E-state index in [2.05, 4.69) is 24.9 Å². The number of hydrogen-bond donors (Lipinski definition) is 3. The Morgan fingerprint density at radius 2 is 1.90 bits per heavy atom. The van der Waals surface area contributed by atoms with Gasteiger partial charge >= 0.3 is 0 Å². The number of hydrogen-bond acceptors (Lipinski definition) is 8. The van der Waals surface area contributed by atoms with Crippen LogP contribution in [0.4, 0.5) is 20.5 Å². The minimum atomic E-state index is -3.57. The molecule has 1 saturated heterocycles. The summed E-state index contributed by atoms with van der Waals surface area (Å²) in [6, 6.07) is 0. The van der Waals surface area contributed by atoms with Gasteiger partial charge in [0, 0.05) is 57.7 Å². The highest BCUT2D eigenvalue weighted by molar-refractivity contribution is 7.89. The van der Waals surface area contributed by atoms with Crippen LogP contribution < -0.4 is 14.9 Å². The number of aliphatic hydroxyl groups is 1. The molecule has 3 rings (SSSR count). The second kappa shape index (κ2) is 9.02. The Morgan fingerprint density at radius 1 is 1.17 bits per heavy atom. The summed E-state index contributed by atoms with van der Waals surface area (Å²) in [6.45, 7) is 2.85. The van der Waals surface area contributed by atoms with Crippen LogP contribution in [-0.2, 0) is 22.9 Å². The highest BCUT2D eigenvalue weighted by Crippen LogP contribution is 2.36. The number of aliphatic hydroxyl groups excluding tert-OH is 1. The van der Waals surface area contributed by atoms with Crippen molar-refractivity contribution in [2.24, 2.45) is 0 Å². The summed E-state index contributed by atoms with van der Waals surface area (Å²) < 4.78 is 54.0. The Hall–Kier alpha value is -1.63. The predicted octanol–water partition coefficient (Wildman–Crippen LogP) is -0.324. The number of piperazine rings is 1. The second-order valence-corrected chi connectivity index (χ2v) is 9.41. The summed E-state index contributed by atoms with van der Waals surface area (Å²) in [5, 5.41) is 11.7. The third-order valence-electron chi connectivity index (χ3n) is 5.13. The zero-order valence-corrected chi connectivity index (χ0v) is 17.3. The fourth-order valence-corrected chi connectivity index (χ4v) is 4.35. The molecule has 1 aromatic heterocycles. The number of nitrogens with one attached hydrogen (secondary N) is 2. The smallest absolute Gasteiger partial charge is 0.252 e. The van der Waals surface area contributed by atoms with Crippen molar-refractivity contribution in [3.05, 3.63) is 11.3 Å². The van der Waals surface area contributed by atoms with Gasteiger partial charge in [-0.2, -0.15) is 4.98 Å². The highest BCUT2D eigenvalue weighted by atomic mass is 32.2. The van der Waals surface area contributed by atoms with E-state index in [0.717, 1.165) is 26.2 Å². The maximum Gasteiger partial charge on any atom is 0.252 e. The lowest BCUT2D eigenvalue weighted by Crippen LogP contribution is -2.45. The van der Waals surface area contributed by atoms with Gasteiger partial charge in [-0.3, -0.25) is 0 Å². The number of nitrogens with zero attached hydrogens (tertiary/aromatic N) is 4. The Labute approximate surface area is 169 Å². The van der Waals surface area contributed by atoms with Gasteiger partial charge in [-0.25, -0.2) is 26.9 Å². The molecule has 0 unspecified atom stereocenters. The van der Waals surface area contributed by atoms with Gasteiger partial charge in [0.05, 0.1) is 18.1 Å². The van der Waals surface area contributed by atoms with Crippen molar-refractivity contribution >= 4 is 21.8 Å². The number of anilines is 2. The number of alkyl halides is 2. The molecule has 0 amide bonds. The number of likely N-dealkylation sites (N-methyl/N-ethyl adjacent to an activating group) is 1. The predicted molar refractivity (Wildman–Crippen MR) is 106 cm³/mol. The topological polar surface area (TPSA) is 111 Å². The average molecular weight is 435 g/mol. The molecule has 2 heterocycles. The molecule has 3 N–H and O–H groups in total. The standard InChI is InChI=1S/C17H28F2N6O3S/c1-24-6-8-25(9-7-24)16-22-14-2-3-17(18,19)12-13(14)15(23-16)20-5-11-29(27,28)21-4-10-26/h21,26H,2-12H2,1H3,(H,20,22,23). The zero-order chi connectivity index (χ0) is 21.1. The maximum atomic E-state index is 14.0. The molecular formula is C17H28F2N6O3S. The van der Waals surface area contributed by atoms with Crippen LogP contribution in [0.2, 0.25) is 0 Å². The first-order valence-corrected chi connectivity index (χ1v) is 11.4. The summed E-state index contributed by atoms with van der Waals surface area (Å²) in [6.07, 6.45) is -0.544. The van der Waals surface area contributed by atoms with Crippen molar-refractivity contribution in [1.29, 1.82) is 0 Å². The number of fused-ring (bicyclic) bond motifs is 1. The third-order valence-corrected chi connectivity index (χ3v) is 6.51. The monoisotopic (exact) mass is 434 g/mol. The van der Waals surface area contributed by atoms with Crippen molar-refractivity contribution in [1.82, 2.24) is 19.6 Å². The summed E-state index contributed by atoms with van der Waals surface area (Å²) in [5.74, 6) is -2.31. The Balaban J connectivity index is 1.79. The van der Waals surface area contributed by atoms with Gasteiger partial charge in [-0.15, -0.1) is 0 Å². The molecule has 2 aliphatic rings. The number of aromatic nitrogens is 2. The molecule has 0 aromatic carbocycles. The molecule has 164 valence electrons. The number of halogens is 2. The molecule has 0 saturated carbocycles. The molecule has 9 nitrogen and oxygen atoms in total. The van der Waals surface area contributed by atoms with E-state index in [9.17, 15) is 17.2 Å². The van der Waals surface area contributed by atoms with Gasteiger partial charge in [0.2, 0.25) is 16.0 Å². The van der Waals surface area contributed by atoms with Crippen molar-refractivity contribution < 1.29 is 22.3 Å². The van der Waals surface area contributed by atoms with Crippen LogP contribution in [0.5, 0.6) is 0 Å². The van der Waals surface area contributed by atoms with Gasteiger partial charge in [0.25, 0.3) is 5.92 Å². The fourth-order valence-electron chi connectivity index (χ4n) is 3.43. The van der Waals surface area contributed by atoms with Crippen LogP contribution in [0.25, 0.3) is 0 Å². The van der Waals surface area contributed by atoms with E-state index < -0.39 is 22.4 Å². The normalized spacial score (nSPS) is 19.8. The Kier molecular flexibility index (Phi) is 6.87. The van der Waals surface area contributed by atoms with Crippen LogP contribution in [0.3, 0.4) is 0 Å². The Bertz CT molecular complexity index is 816. The molecule has 1 aromatic rings. The molecule has 29 heavy (non-hydrogen) atoms. The lowest BCUT2D eigenvalue weighted by atomic mass is 9.93. The lowest BCUT2D eigenvalue weighted by molar-refractivity contribution is -0.0127. The molecule has 1 fully saturated rings. The van der Waals surface area contributed by atoms with Crippen LogP contribution in [0.15, 0.2) is 0 Å². The van der Waals surface area contributed by atoms with E-state index in [4.69, 9.17) is 5.11 Å². The minimum Gasteiger partial charge on any atom is -0.395 e. The first-order valence-electron chi connectivity index (χ1n) is 9.72. The number of rotatable bonds is 8. The molecule has 1 aliphatic carbocycles. The molecule has 0 atom stereocenters. The van der Waals surface area contributed by atoms with E-state index in [-0.39, 0.29) is 44.1 Å². The summed E-state index contributed by atoms with van der Waals surface area (Å²) in [5.41, 5.74) is 0.962. The molecule has 0 bridgehead atoms. The highest BCUT2D eigenvalue weighted by Gasteiger charge is 2.37. The van der Waals surface area contributed by atoms with Crippen LogP contribution in [-0.4, -0.2) is 93.0 Å². The second-order valence-electron chi connectivity index (χ2n) is 7.48. The summed E-state index contributed by atoms with van der Waals surface area (Å²) in [4.78, 5) is 13.2. The maximum absolute atomic E-state index is 14.0. The van der Waals surface area contributed by atoms with Gasteiger partial charge < -0.3 is 20.2 Å². The van der Waals surface area contributed by atoms with E-state index in [0.29, 0.717) is 17.2 Å². The molecule has 0 spiro atoms. The van der Waals surface area contributed by atoms with E-state index in [1.54, 1.807) is 0 Å². The number of aryl methyl sites for hydroxylation is 1. The fraction of sp³-hybridized carbons (Fsp3) is 0.765.